The molecule has 0 amide bonds. The Morgan fingerprint density at radius 2 is 2.30 bits per heavy atom. The van der Waals surface area contributed by atoms with E-state index >= 15 is 0 Å². The fourth-order valence-corrected chi connectivity index (χ4v) is 3.85. The van der Waals surface area contributed by atoms with Gasteiger partial charge >= 0.3 is 5.97 Å². The Morgan fingerprint density at radius 3 is 2.96 bits per heavy atom. The molecule has 0 saturated heterocycles. The Hall–Kier alpha value is -2.42. The summed E-state index contributed by atoms with van der Waals surface area (Å²) in [6.07, 6.45) is 3.22. The fraction of sp³-hybridized carbons (Fsp3) is 0.278. The molecule has 0 aliphatic heterocycles. The number of fused-ring (bicyclic) bond motifs is 1. The molecular formula is C18H19ClN4O3S. The molecule has 0 unspecified atom stereocenters. The number of carbonyl (C=O) groups excluding carboxylic acids is 1. The largest absolute Gasteiger partial charge is 0.462 e. The summed E-state index contributed by atoms with van der Waals surface area (Å²) in [6, 6.07) is 5.28. The van der Waals surface area contributed by atoms with E-state index in [0.717, 1.165) is 9.21 Å². The van der Waals surface area contributed by atoms with E-state index in [9.17, 15) is 9.59 Å². The van der Waals surface area contributed by atoms with Crippen molar-refractivity contribution in [3.63, 3.8) is 0 Å². The second-order valence-corrected chi connectivity index (χ2v) is 7.62. The maximum Gasteiger partial charge on any atom is 0.343 e. The molecule has 0 aliphatic carbocycles. The maximum absolute atomic E-state index is 12.4. The Balaban J connectivity index is 1.90. The van der Waals surface area contributed by atoms with E-state index < -0.39 is 5.97 Å². The Labute approximate surface area is 164 Å². The second-order valence-electron chi connectivity index (χ2n) is 5.82. The molecule has 0 aromatic carbocycles. The number of hydrogen-bond donors (Lipinski definition) is 1. The average molecular weight is 407 g/mol. The lowest BCUT2D eigenvalue weighted by atomic mass is 10.3. The molecule has 3 aromatic rings. The van der Waals surface area contributed by atoms with Gasteiger partial charge in [-0.2, -0.15) is 0 Å². The van der Waals surface area contributed by atoms with Crippen LogP contribution in [0.25, 0.3) is 5.65 Å². The number of halogens is 1. The summed E-state index contributed by atoms with van der Waals surface area (Å²) in [5.74, 6) is -0.517. The maximum atomic E-state index is 12.4. The number of aromatic nitrogens is 3. The molecule has 9 heteroatoms. The standard InChI is InChI=1S/C18H19ClN4O3S/c1-3-7-22(11-13-5-6-15(19)27-13)10-12-8-16(24)23-17(21-12)14(9-20-23)18(25)26-4-2/h3,5-6,8-9,20H,1,4,7,10-11H2,2H3. The molecule has 0 atom stereocenters. The number of esters is 1. The van der Waals surface area contributed by atoms with Crippen molar-refractivity contribution in [2.75, 3.05) is 13.2 Å². The molecule has 7 nitrogen and oxygen atoms in total. The average Bonchev–Trinajstić information content (AvgIpc) is 3.22. The van der Waals surface area contributed by atoms with Crippen molar-refractivity contribution in [1.29, 1.82) is 0 Å². The quantitative estimate of drug-likeness (QED) is 0.459. The van der Waals surface area contributed by atoms with Crippen LogP contribution in [-0.4, -0.2) is 38.6 Å². The number of rotatable bonds is 8. The molecule has 3 heterocycles. The van der Waals surface area contributed by atoms with E-state index in [2.05, 4.69) is 21.6 Å². The molecule has 0 fully saturated rings. The Morgan fingerprint density at radius 1 is 1.48 bits per heavy atom. The molecule has 0 radical (unpaired) electrons. The number of thiophene rings is 1. The highest BCUT2D eigenvalue weighted by Crippen LogP contribution is 2.23. The van der Waals surface area contributed by atoms with Gasteiger partial charge in [0, 0.05) is 36.8 Å². The van der Waals surface area contributed by atoms with Crippen LogP contribution >= 0.6 is 22.9 Å². The van der Waals surface area contributed by atoms with Crippen LogP contribution in [0.3, 0.4) is 0 Å². The van der Waals surface area contributed by atoms with Gasteiger partial charge in [-0.3, -0.25) is 14.8 Å². The van der Waals surface area contributed by atoms with Crippen molar-refractivity contribution in [3.05, 3.63) is 67.9 Å². The zero-order valence-electron chi connectivity index (χ0n) is 14.8. The van der Waals surface area contributed by atoms with Crippen LogP contribution in [0.5, 0.6) is 0 Å². The van der Waals surface area contributed by atoms with Gasteiger partial charge in [0.1, 0.15) is 5.56 Å². The number of nitrogens with zero attached hydrogens (tertiary/aromatic N) is 3. The van der Waals surface area contributed by atoms with Crippen LogP contribution < -0.4 is 5.56 Å². The number of aromatic amines is 1. The first-order valence-electron chi connectivity index (χ1n) is 8.36. The van der Waals surface area contributed by atoms with Crippen LogP contribution in [0.4, 0.5) is 0 Å². The minimum atomic E-state index is -0.517. The first kappa shape index (κ1) is 19.3. The first-order valence-corrected chi connectivity index (χ1v) is 9.56. The summed E-state index contributed by atoms with van der Waals surface area (Å²) < 4.78 is 6.98. The van der Waals surface area contributed by atoms with E-state index in [4.69, 9.17) is 16.3 Å². The lowest BCUT2D eigenvalue weighted by Gasteiger charge is -2.19. The summed E-state index contributed by atoms with van der Waals surface area (Å²) in [6.45, 7) is 7.47. The molecule has 142 valence electrons. The number of nitrogens with one attached hydrogen (secondary N) is 1. The zero-order valence-corrected chi connectivity index (χ0v) is 16.3. The molecular weight excluding hydrogens is 388 g/mol. The highest BCUT2D eigenvalue weighted by Gasteiger charge is 2.17. The summed E-state index contributed by atoms with van der Waals surface area (Å²) in [5.41, 5.74) is 0.766. The number of hydrogen-bond acceptors (Lipinski definition) is 6. The van der Waals surface area contributed by atoms with E-state index in [1.165, 1.54) is 28.1 Å². The predicted octanol–water partition coefficient (Wildman–Crippen LogP) is 3.10. The minimum Gasteiger partial charge on any atom is -0.462 e. The zero-order chi connectivity index (χ0) is 19.4. The first-order chi connectivity index (χ1) is 13.0. The lowest BCUT2D eigenvalue weighted by Crippen LogP contribution is -2.25. The van der Waals surface area contributed by atoms with Gasteiger partial charge < -0.3 is 4.74 Å². The van der Waals surface area contributed by atoms with Crippen molar-refractivity contribution in [2.24, 2.45) is 0 Å². The third kappa shape index (κ3) is 4.47. The van der Waals surface area contributed by atoms with Gasteiger partial charge in [0.05, 0.1) is 16.6 Å². The van der Waals surface area contributed by atoms with Crippen molar-refractivity contribution < 1.29 is 9.53 Å². The van der Waals surface area contributed by atoms with E-state index in [0.29, 0.717) is 25.3 Å². The number of carbonyl (C=O) groups is 1. The SMILES string of the molecule is C=CCN(Cc1cc(=O)n2[nH]cc(C(=O)OCC)c2n1)Cc1ccc(Cl)s1. The molecule has 0 spiro atoms. The van der Waals surface area contributed by atoms with Crippen molar-refractivity contribution in [2.45, 2.75) is 20.0 Å². The van der Waals surface area contributed by atoms with Crippen LogP contribution in [0.2, 0.25) is 4.34 Å². The number of H-pyrrole nitrogens is 1. The summed E-state index contributed by atoms with van der Waals surface area (Å²) in [5, 5.41) is 2.74. The molecule has 0 aliphatic rings. The van der Waals surface area contributed by atoms with Crippen LogP contribution in [-0.2, 0) is 17.8 Å². The van der Waals surface area contributed by atoms with Gasteiger partial charge in [-0.05, 0) is 19.1 Å². The third-order valence-corrected chi connectivity index (χ3v) is 5.04. The van der Waals surface area contributed by atoms with Gasteiger partial charge in [0.2, 0.25) is 0 Å². The summed E-state index contributed by atoms with van der Waals surface area (Å²) in [4.78, 5) is 32.2. The highest BCUT2D eigenvalue weighted by molar-refractivity contribution is 7.16. The number of ether oxygens (including phenoxy) is 1. The molecule has 3 aromatic heterocycles. The predicted molar refractivity (Wildman–Crippen MR) is 105 cm³/mol. The van der Waals surface area contributed by atoms with Crippen LogP contribution in [0, 0.1) is 0 Å². The molecule has 3 rings (SSSR count). The van der Waals surface area contributed by atoms with Gasteiger partial charge in [-0.1, -0.05) is 17.7 Å². The topological polar surface area (TPSA) is 79.7 Å². The van der Waals surface area contributed by atoms with E-state index in [1.807, 2.05) is 12.1 Å². The fourth-order valence-electron chi connectivity index (χ4n) is 2.72. The van der Waals surface area contributed by atoms with Gasteiger partial charge in [-0.15, -0.1) is 17.9 Å². The normalized spacial score (nSPS) is 11.2. The van der Waals surface area contributed by atoms with E-state index in [1.54, 1.807) is 13.0 Å². The van der Waals surface area contributed by atoms with Gasteiger partial charge in [-0.25, -0.2) is 14.3 Å². The van der Waals surface area contributed by atoms with E-state index in [-0.39, 0.29) is 23.4 Å². The molecule has 1 N–H and O–H groups in total. The van der Waals surface area contributed by atoms with Crippen molar-refractivity contribution >= 4 is 34.6 Å². The molecule has 0 saturated carbocycles. The smallest absolute Gasteiger partial charge is 0.343 e. The third-order valence-electron chi connectivity index (χ3n) is 3.83. The summed E-state index contributed by atoms with van der Waals surface area (Å²) >= 11 is 7.51. The van der Waals surface area contributed by atoms with Crippen LogP contribution in [0.15, 0.2) is 41.8 Å². The monoisotopic (exact) mass is 406 g/mol. The van der Waals surface area contributed by atoms with Crippen molar-refractivity contribution in [3.8, 4) is 0 Å². The second kappa shape index (κ2) is 8.51. The van der Waals surface area contributed by atoms with Crippen LogP contribution in [0.1, 0.15) is 27.9 Å². The molecule has 0 bridgehead atoms. The van der Waals surface area contributed by atoms with Gasteiger partial charge in [0.15, 0.2) is 5.65 Å². The Bertz CT molecular complexity index is 1020. The highest BCUT2D eigenvalue weighted by atomic mass is 35.5. The lowest BCUT2D eigenvalue weighted by molar-refractivity contribution is 0.0528. The Kier molecular flexibility index (Phi) is 6.10. The van der Waals surface area contributed by atoms with Crippen molar-refractivity contribution in [1.82, 2.24) is 19.5 Å². The minimum absolute atomic E-state index is 0.233. The van der Waals surface area contributed by atoms with Gasteiger partial charge in [0.25, 0.3) is 5.56 Å². The summed E-state index contributed by atoms with van der Waals surface area (Å²) in [7, 11) is 0. The molecule has 27 heavy (non-hydrogen) atoms.